The van der Waals surface area contributed by atoms with Crippen molar-refractivity contribution >= 4 is 22.5 Å². The molecule has 0 fully saturated rings. The molecule has 0 aliphatic rings. The molecule has 0 radical (unpaired) electrons. The first kappa shape index (κ1) is 17.7. The van der Waals surface area contributed by atoms with Gasteiger partial charge >= 0.3 is 0 Å². The number of pyridine rings is 1. The van der Waals surface area contributed by atoms with Gasteiger partial charge in [0.15, 0.2) is 0 Å². The van der Waals surface area contributed by atoms with Crippen LogP contribution in [0.4, 0.5) is 5.69 Å². The summed E-state index contributed by atoms with van der Waals surface area (Å²) in [6.45, 7) is 2.01. The smallest absolute Gasteiger partial charge is 0.224 e. The normalized spacial score (nSPS) is 10.6. The summed E-state index contributed by atoms with van der Waals surface area (Å²) in [7, 11) is 3.23. The molecule has 0 saturated carbocycles. The van der Waals surface area contributed by atoms with E-state index < -0.39 is 0 Å². The molecular formula is C21H22N2O3. The number of carbonyl (C=O) groups is 1. The molecule has 1 heterocycles. The fraction of sp³-hybridized carbons (Fsp3) is 0.238. The number of ether oxygens (including phenoxy) is 2. The van der Waals surface area contributed by atoms with Gasteiger partial charge in [-0.15, -0.1) is 0 Å². The van der Waals surface area contributed by atoms with E-state index in [1.807, 2.05) is 49.4 Å². The molecule has 0 aliphatic heterocycles. The molecule has 1 amide bonds. The van der Waals surface area contributed by atoms with Crippen LogP contribution in [0.1, 0.15) is 17.5 Å². The Bertz CT molecular complexity index is 915. The maximum absolute atomic E-state index is 12.4. The molecule has 134 valence electrons. The summed E-state index contributed by atoms with van der Waals surface area (Å²) < 4.78 is 10.5. The fourth-order valence-corrected chi connectivity index (χ4v) is 2.90. The Hall–Kier alpha value is -3.08. The van der Waals surface area contributed by atoms with Gasteiger partial charge in [0.05, 0.1) is 25.4 Å². The number of aromatic nitrogens is 1. The zero-order valence-electron chi connectivity index (χ0n) is 15.2. The molecule has 0 atom stereocenters. The minimum Gasteiger partial charge on any atom is -0.497 e. The van der Waals surface area contributed by atoms with Crippen molar-refractivity contribution in [3.8, 4) is 11.5 Å². The van der Waals surface area contributed by atoms with Crippen LogP contribution in [0.15, 0.2) is 48.7 Å². The van der Waals surface area contributed by atoms with Crippen molar-refractivity contribution in [3.05, 3.63) is 59.8 Å². The highest BCUT2D eigenvalue weighted by Gasteiger charge is 2.09. The number of fused-ring (bicyclic) bond motifs is 1. The minimum absolute atomic E-state index is 0.0409. The molecule has 2 aromatic carbocycles. The topological polar surface area (TPSA) is 60.5 Å². The SMILES string of the molecule is COc1cc(CCC(=O)Nc2ccc(C)c3ncccc23)cc(OC)c1. The van der Waals surface area contributed by atoms with Crippen LogP contribution in [-0.4, -0.2) is 25.1 Å². The van der Waals surface area contributed by atoms with Gasteiger partial charge in [0.1, 0.15) is 11.5 Å². The van der Waals surface area contributed by atoms with Crippen LogP contribution in [0.3, 0.4) is 0 Å². The van der Waals surface area contributed by atoms with E-state index in [0.717, 1.165) is 39.2 Å². The summed E-state index contributed by atoms with van der Waals surface area (Å²) >= 11 is 0. The first-order valence-electron chi connectivity index (χ1n) is 8.47. The van der Waals surface area contributed by atoms with Crippen molar-refractivity contribution in [1.29, 1.82) is 0 Å². The first-order chi connectivity index (χ1) is 12.6. The van der Waals surface area contributed by atoms with E-state index in [0.29, 0.717) is 12.8 Å². The van der Waals surface area contributed by atoms with E-state index in [2.05, 4.69) is 10.3 Å². The van der Waals surface area contributed by atoms with Crippen LogP contribution in [0.25, 0.3) is 10.9 Å². The predicted molar refractivity (Wildman–Crippen MR) is 103 cm³/mol. The second-order valence-corrected chi connectivity index (χ2v) is 6.10. The Morgan fingerprint density at radius 3 is 2.50 bits per heavy atom. The van der Waals surface area contributed by atoms with Gasteiger partial charge in [-0.1, -0.05) is 6.07 Å². The quantitative estimate of drug-likeness (QED) is 0.726. The maximum atomic E-state index is 12.4. The third-order valence-corrected chi connectivity index (χ3v) is 4.30. The third-order valence-electron chi connectivity index (χ3n) is 4.30. The predicted octanol–water partition coefficient (Wildman–Crippen LogP) is 4.13. The average molecular weight is 350 g/mol. The molecule has 5 heteroatoms. The number of anilines is 1. The number of rotatable bonds is 6. The summed E-state index contributed by atoms with van der Waals surface area (Å²) in [5.41, 5.74) is 3.77. The first-order valence-corrected chi connectivity index (χ1v) is 8.47. The van der Waals surface area contributed by atoms with Gasteiger partial charge < -0.3 is 14.8 Å². The van der Waals surface area contributed by atoms with E-state index in [1.54, 1.807) is 20.4 Å². The Labute approximate surface area is 153 Å². The minimum atomic E-state index is -0.0409. The molecule has 1 N–H and O–H groups in total. The highest BCUT2D eigenvalue weighted by molar-refractivity contribution is 6.01. The second kappa shape index (κ2) is 7.87. The van der Waals surface area contributed by atoms with Crippen LogP contribution in [0.5, 0.6) is 11.5 Å². The summed E-state index contributed by atoms with van der Waals surface area (Å²) in [5.74, 6) is 1.39. The number of hydrogen-bond donors (Lipinski definition) is 1. The molecule has 0 bridgehead atoms. The molecule has 0 aliphatic carbocycles. The van der Waals surface area contributed by atoms with Gasteiger partial charge in [-0.25, -0.2) is 0 Å². The Morgan fingerprint density at radius 2 is 1.81 bits per heavy atom. The number of aryl methyl sites for hydroxylation is 2. The second-order valence-electron chi connectivity index (χ2n) is 6.10. The van der Waals surface area contributed by atoms with Gasteiger partial charge in [0.25, 0.3) is 0 Å². The summed E-state index contributed by atoms with van der Waals surface area (Å²) in [4.78, 5) is 16.8. The average Bonchev–Trinajstić information content (AvgIpc) is 2.68. The number of hydrogen-bond acceptors (Lipinski definition) is 4. The Morgan fingerprint density at radius 1 is 1.08 bits per heavy atom. The monoisotopic (exact) mass is 350 g/mol. The van der Waals surface area contributed by atoms with E-state index in [9.17, 15) is 4.79 Å². The fourth-order valence-electron chi connectivity index (χ4n) is 2.90. The van der Waals surface area contributed by atoms with E-state index in [1.165, 1.54) is 0 Å². The highest BCUT2D eigenvalue weighted by atomic mass is 16.5. The molecule has 0 spiro atoms. The standard InChI is InChI=1S/C21H22N2O3/c1-14-6-8-19(18-5-4-10-22-21(14)18)23-20(24)9-7-15-11-16(25-2)13-17(12-15)26-3/h4-6,8,10-13H,7,9H2,1-3H3,(H,23,24). The van der Waals surface area contributed by atoms with Crippen molar-refractivity contribution in [2.24, 2.45) is 0 Å². The molecular weight excluding hydrogens is 328 g/mol. The largest absolute Gasteiger partial charge is 0.497 e. The lowest BCUT2D eigenvalue weighted by molar-refractivity contribution is -0.116. The number of methoxy groups -OCH3 is 2. The van der Waals surface area contributed by atoms with Crippen molar-refractivity contribution in [3.63, 3.8) is 0 Å². The van der Waals surface area contributed by atoms with Crippen molar-refractivity contribution in [1.82, 2.24) is 4.98 Å². The molecule has 3 rings (SSSR count). The summed E-state index contributed by atoms with van der Waals surface area (Å²) in [5, 5.41) is 3.95. The van der Waals surface area contributed by atoms with Crippen molar-refractivity contribution in [2.45, 2.75) is 19.8 Å². The van der Waals surface area contributed by atoms with Crippen molar-refractivity contribution in [2.75, 3.05) is 19.5 Å². The summed E-state index contributed by atoms with van der Waals surface area (Å²) in [6.07, 6.45) is 2.73. The maximum Gasteiger partial charge on any atom is 0.224 e. The van der Waals surface area contributed by atoms with Crippen molar-refractivity contribution < 1.29 is 14.3 Å². The summed E-state index contributed by atoms with van der Waals surface area (Å²) in [6, 6.07) is 13.4. The highest BCUT2D eigenvalue weighted by Crippen LogP contribution is 2.26. The van der Waals surface area contributed by atoms with Gasteiger partial charge in [0, 0.05) is 24.1 Å². The van der Waals surface area contributed by atoms with Gasteiger partial charge in [-0.3, -0.25) is 9.78 Å². The third kappa shape index (κ3) is 3.94. The lowest BCUT2D eigenvalue weighted by Crippen LogP contribution is -2.13. The van der Waals surface area contributed by atoms with E-state index in [4.69, 9.17) is 9.47 Å². The Balaban J connectivity index is 1.71. The zero-order chi connectivity index (χ0) is 18.5. The van der Waals surface area contributed by atoms with Crippen LogP contribution in [0.2, 0.25) is 0 Å². The van der Waals surface area contributed by atoms with E-state index >= 15 is 0 Å². The molecule has 5 nitrogen and oxygen atoms in total. The molecule has 26 heavy (non-hydrogen) atoms. The van der Waals surface area contributed by atoms with Gasteiger partial charge in [0.2, 0.25) is 5.91 Å². The number of benzene rings is 2. The molecule has 3 aromatic rings. The number of carbonyl (C=O) groups excluding carboxylic acids is 1. The van der Waals surface area contributed by atoms with Crippen LogP contribution < -0.4 is 14.8 Å². The van der Waals surface area contributed by atoms with E-state index in [-0.39, 0.29) is 5.91 Å². The van der Waals surface area contributed by atoms with Crippen LogP contribution in [-0.2, 0) is 11.2 Å². The molecule has 0 saturated heterocycles. The number of amides is 1. The lowest BCUT2D eigenvalue weighted by Gasteiger charge is -2.11. The van der Waals surface area contributed by atoms with Crippen LogP contribution >= 0.6 is 0 Å². The number of nitrogens with one attached hydrogen (secondary N) is 1. The Kier molecular flexibility index (Phi) is 5.37. The van der Waals surface area contributed by atoms with Crippen LogP contribution in [0, 0.1) is 6.92 Å². The molecule has 0 unspecified atom stereocenters. The van der Waals surface area contributed by atoms with Gasteiger partial charge in [-0.2, -0.15) is 0 Å². The molecule has 1 aromatic heterocycles. The van der Waals surface area contributed by atoms with Gasteiger partial charge in [-0.05, 0) is 54.8 Å². The number of nitrogens with zero attached hydrogens (tertiary/aromatic N) is 1. The lowest BCUT2D eigenvalue weighted by atomic mass is 10.1. The zero-order valence-corrected chi connectivity index (χ0v) is 15.2.